The number of hydrogen-bond donors (Lipinski definition) is 1. The van der Waals surface area contributed by atoms with Crippen molar-refractivity contribution in [3.63, 3.8) is 0 Å². The Morgan fingerprint density at radius 2 is 2.06 bits per heavy atom. The lowest BCUT2D eigenvalue weighted by atomic mass is 9.74. The number of nitrogens with zero attached hydrogens (tertiary/aromatic N) is 4. The van der Waals surface area contributed by atoms with Crippen LogP contribution in [0.3, 0.4) is 0 Å². The number of benzene rings is 1. The van der Waals surface area contributed by atoms with Crippen molar-refractivity contribution in [3.05, 3.63) is 65.9 Å². The Balaban J connectivity index is 1.50. The van der Waals surface area contributed by atoms with E-state index >= 15 is 0 Å². The van der Waals surface area contributed by atoms with E-state index in [-0.39, 0.29) is 17.2 Å². The summed E-state index contributed by atoms with van der Waals surface area (Å²) in [6.45, 7) is 3.81. The van der Waals surface area contributed by atoms with E-state index in [0.29, 0.717) is 24.0 Å². The predicted octanol–water partition coefficient (Wildman–Crippen LogP) is 3.42. The van der Waals surface area contributed by atoms with Gasteiger partial charge in [-0.15, -0.1) is 0 Å². The van der Waals surface area contributed by atoms with Crippen molar-refractivity contribution >= 4 is 5.91 Å². The molecule has 2 heterocycles. The lowest BCUT2D eigenvalue weighted by Gasteiger charge is -2.36. The average Bonchev–Trinajstić information content (AvgIpc) is 2.72. The number of ether oxygens (including phenoxy) is 1. The van der Waals surface area contributed by atoms with E-state index < -0.39 is 24.1 Å². The van der Waals surface area contributed by atoms with Crippen LogP contribution in [0.1, 0.15) is 37.6 Å². The summed E-state index contributed by atoms with van der Waals surface area (Å²) in [6.07, 6.45) is 7.87. The maximum atomic E-state index is 13.7. The van der Waals surface area contributed by atoms with Crippen molar-refractivity contribution in [2.75, 3.05) is 6.61 Å². The van der Waals surface area contributed by atoms with Gasteiger partial charge in [0.1, 0.15) is 11.5 Å². The molecule has 1 unspecified atom stereocenters. The van der Waals surface area contributed by atoms with Crippen LogP contribution in [0, 0.1) is 17.0 Å². The maximum absolute atomic E-state index is 13.7. The van der Waals surface area contributed by atoms with E-state index in [9.17, 15) is 13.6 Å². The third-order valence-corrected chi connectivity index (χ3v) is 5.06. The van der Waals surface area contributed by atoms with Crippen LogP contribution in [-0.4, -0.2) is 32.4 Å². The quantitative estimate of drug-likeness (QED) is 0.674. The fourth-order valence-corrected chi connectivity index (χ4v) is 3.69. The van der Waals surface area contributed by atoms with E-state index in [2.05, 4.69) is 39.1 Å². The Hall–Kier alpha value is -3.49. The zero-order valence-corrected chi connectivity index (χ0v) is 17.1. The van der Waals surface area contributed by atoms with Gasteiger partial charge in [0, 0.05) is 30.2 Å². The third kappa shape index (κ3) is 4.82. The summed E-state index contributed by atoms with van der Waals surface area (Å²) < 4.78 is 31.9. The molecule has 3 aromatic rings. The molecule has 1 aromatic carbocycles. The molecular formula is C22H21F2N5O2. The molecule has 0 fully saturated rings. The number of hydrogen-bond acceptors (Lipinski definition) is 6. The number of aromatic nitrogens is 4. The molecule has 0 bridgehead atoms. The van der Waals surface area contributed by atoms with Gasteiger partial charge in [-0.1, -0.05) is 13.8 Å². The lowest BCUT2D eigenvalue weighted by Crippen LogP contribution is -2.39. The first kappa shape index (κ1) is 20.8. The highest BCUT2D eigenvalue weighted by Gasteiger charge is 2.34. The molecule has 9 heteroatoms. The molecule has 1 amide bonds. The van der Waals surface area contributed by atoms with Gasteiger partial charge in [-0.3, -0.25) is 9.78 Å². The minimum atomic E-state index is -0.859. The van der Waals surface area contributed by atoms with Gasteiger partial charge < -0.3 is 10.1 Å². The molecule has 0 aliphatic heterocycles. The van der Waals surface area contributed by atoms with Crippen molar-refractivity contribution < 1.29 is 18.3 Å². The summed E-state index contributed by atoms with van der Waals surface area (Å²) in [5.74, 6) is -1.70. The first-order valence-corrected chi connectivity index (χ1v) is 9.80. The van der Waals surface area contributed by atoms with Crippen LogP contribution in [0.25, 0.3) is 11.5 Å². The van der Waals surface area contributed by atoms with Crippen LogP contribution in [0.15, 0.2) is 43.0 Å². The SMILES string of the molecule is CC1(C)Cc2nc(-c3cnccn3)ncc2C(NC(=O)COc2ccc(F)cc2F)C1. The smallest absolute Gasteiger partial charge is 0.258 e. The van der Waals surface area contributed by atoms with Gasteiger partial charge in [-0.2, -0.15) is 0 Å². The minimum Gasteiger partial charge on any atom is -0.481 e. The molecule has 4 rings (SSSR count). The van der Waals surface area contributed by atoms with Crippen molar-refractivity contribution in [1.29, 1.82) is 0 Å². The highest BCUT2D eigenvalue weighted by atomic mass is 19.1. The maximum Gasteiger partial charge on any atom is 0.258 e. The second-order valence-electron chi connectivity index (χ2n) is 8.21. The lowest BCUT2D eigenvalue weighted by molar-refractivity contribution is -0.124. The summed E-state index contributed by atoms with van der Waals surface area (Å²) >= 11 is 0. The second kappa shape index (κ2) is 8.33. The van der Waals surface area contributed by atoms with Crippen molar-refractivity contribution in [2.24, 2.45) is 5.41 Å². The van der Waals surface area contributed by atoms with E-state index in [1.807, 2.05) is 0 Å². The molecular weight excluding hydrogens is 404 g/mol. The molecule has 1 aliphatic rings. The second-order valence-corrected chi connectivity index (χ2v) is 8.21. The highest BCUT2D eigenvalue weighted by Crippen LogP contribution is 2.40. The summed E-state index contributed by atoms with van der Waals surface area (Å²) in [6, 6.07) is 2.61. The van der Waals surface area contributed by atoms with Crippen LogP contribution in [0.2, 0.25) is 0 Å². The Morgan fingerprint density at radius 1 is 1.23 bits per heavy atom. The van der Waals surface area contributed by atoms with Gasteiger partial charge in [0.05, 0.1) is 17.9 Å². The summed E-state index contributed by atoms with van der Waals surface area (Å²) in [7, 11) is 0. The molecule has 160 valence electrons. The fraction of sp³-hybridized carbons (Fsp3) is 0.318. The van der Waals surface area contributed by atoms with E-state index in [1.54, 1.807) is 24.8 Å². The summed E-state index contributed by atoms with van der Waals surface area (Å²) in [4.78, 5) is 29.8. The molecule has 1 N–H and O–H groups in total. The van der Waals surface area contributed by atoms with Gasteiger partial charge in [0.15, 0.2) is 24.0 Å². The van der Waals surface area contributed by atoms with Gasteiger partial charge in [0.25, 0.3) is 5.91 Å². The minimum absolute atomic E-state index is 0.108. The molecule has 1 atom stereocenters. The van der Waals surface area contributed by atoms with Crippen LogP contribution >= 0.6 is 0 Å². The summed E-state index contributed by atoms with van der Waals surface area (Å²) in [5, 5.41) is 2.92. The van der Waals surface area contributed by atoms with Gasteiger partial charge >= 0.3 is 0 Å². The number of nitrogens with one attached hydrogen (secondary N) is 1. The predicted molar refractivity (Wildman–Crippen MR) is 108 cm³/mol. The Bertz CT molecular complexity index is 1110. The molecule has 0 radical (unpaired) electrons. The number of fused-ring (bicyclic) bond motifs is 1. The highest BCUT2D eigenvalue weighted by molar-refractivity contribution is 5.78. The first-order chi connectivity index (χ1) is 14.8. The molecule has 2 aromatic heterocycles. The molecule has 0 saturated heterocycles. The van der Waals surface area contributed by atoms with Crippen molar-refractivity contribution in [2.45, 2.75) is 32.7 Å². The van der Waals surface area contributed by atoms with E-state index in [0.717, 1.165) is 29.8 Å². The van der Waals surface area contributed by atoms with Crippen LogP contribution in [-0.2, 0) is 11.2 Å². The molecule has 0 spiro atoms. The molecule has 7 nitrogen and oxygen atoms in total. The first-order valence-electron chi connectivity index (χ1n) is 9.80. The van der Waals surface area contributed by atoms with Crippen molar-refractivity contribution in [3.8, 4) is 17.3 Å². The standard InChI is InChI=1S/C22H21F2N5O2/c1-22(2)8-16(28-20(30)12-31-19-4-3-13(23)7-15(19)24)14-10-27-21(29-17(14)9-22)18-11-25-5-6-26-18/h3-7,10-11,16H,8-9,12H2,1-2H3,(H,28,30). The number of carbonyl (C=O) groups excluding carboxylic acids is 1. The van der Waals surface area contributed by atoms with Crippen molar-refractivity contribution in [1.82, 2.24) is 25.3 Å². The zero-order valence-electron chi connectivity index (χ0n) is 17.1. The molecule has 1 aliphatic carbocycles. The number of amides is 1. The zero-order chi connectivity index (χ0) is 22.0. The van der Waals surface area contributed by atoms with Crippen LogP contribution in [0.5, 0.6) is 5.75 Å². The Morgan fingerprint density at radius 3 is 2.81 bits per heavy atom. The topological polar surface area (TPSA) is 89.9 Å². The normalized spacial score (nSPS) is 17.0. The average molecular weight is 425 g/mol. The Labute approximate surface area is 177 Å². The van der Waals surface area contributed by atoms with E-state index in [1.165, 1.54) is 0 Å². The monoisotopic (exact) mass is 425 g/mol. The van der Waals surface area contributed by atoms with Crippen LogP contribution < -0.4 is 10.1 Å². The van der Waals surface area contributed by atoms with Gasteiger partial charge in [-0.25, -0.2) is 23.7 Å². The third-order valence-electron chi connectivity index (χ3n) is 5.06. The van der Waals surface area contributed by atoms with Crippen LogP contribution in [0.4, 0.5) is 8.78 Å². The van der Waals surface area contributed by atoms with Gasteiger partial charge in [0.2, 0.25) is 0 Å². The molecule has 0 saturated carbocycles. The Kier molecular flexibility index (Phi) is 5.58. The number of halogens is 2. The van der Waals surface area contributed by atoms with E-state index in [4.69, 9.17) is 4.74 Å². The fourth-order valence-electron chi connectivity index (χ4n) is 3.69. The van der Waals surface area contributed by atoms with Gasteiger partial charge in [-0.05, 0) is 30.4 Å². The number of carbonyl (C=O) groups is 1. The molecule has 31 heavy (non-hydrogen) atoms. The summed E-state index contributed by atoms with van der Waals surface area (Å²) in [5.41, 5.74) is 2.13. The number of rotatable bonds is 5. The largest absolute Gasteiger partial charge is 0.481 e.